The third-order valence-corrected chi connectivity index (χ3v) is 5.71. The largest absolute Gasteiger partial charge is 0.493 e. The predicted molar refractivity (Wildman–Crippen MR) is 343 cm³/mol. The summed E-state index contributed by atoms with van der Waals surface area (Å²) in [6.45, 7) is 44.1. The van der Waals surface area contributed by atoms with Crippen molar-refractivity contribution < 1.29 is 74.4 Å². The van der Waals surface area contributed by atoms with Gasteiger partial charge >= 0.3 is 6.09 Å². The van der Waals surface area contributed by atoms with Crippen LogP contribution in [-0.4, -0.2) is 154 Å². The second-order valence-electron chi connectivity index (χ2n) is 13.4. The minimum Gasteiger partial charge on any atom is -0.493 e. The first-order valence-corrected chi connectivity index (χ1v) is 23.2. The van der Waals surface area contributed by atoms with E-state index in [1.54, 1.807) is 46.6 Å². The summed E-state index contributed by atoms with van der Waals surface area (Å²) in [6, 6.07) is 8.05. The van der Waals surface area contributed by atoms with Gasteiger partial charge in [-0.25, -0.2) is 4.79 Å². The van der Waals surface area contributed by atoms with Crippen LogP contribution < -0.4 is 51.4 Å². The third kappa shape index (κ3) is 268. The summed E-state index contributed by atoms with van der Waals surface area (Å²) in [5, 5.41) is 5.62. The van der Waals surface area contributed by atoms with Gasteiger partial charge in [0.25, 0.3) is 0 Å². The number of hydrogen-bond donors (Lipinski definition) is 8. The molecule has 0 bridgehead atoms. The molecule has 0 heterocycles. The number of methoxy groups -OCH3 is 2. The Hall–Kier alpha value is -4.83. The molecule has 2 amide bonds. The summed E-state index contributed by atoms with van der Waals surface area (Å²) in [7, 11) is 13.5. The van der Waals surface area contributed by atoms with Crippen LogP contribution in [0.2, 0.25) is 0 Å². The van der Waals surface area contributed by atoms with E-state index in [1.165, 1.54) is 25.5 Å². The van der Waals surface area contributed by atoms with Crippen molar-refractivity contribution in [2.45, 2.75) is 170 Å². The zero-order chi connectivity index (χ0) is 57.8. The van der Waals surface area contributed by atoms with Gasteiger partial charge in [-0.1, -0.05) is 142 Å². The van der Waals surface area contributed by atoms with Crippen LogP contribution >= 0.6 is 0 Å². The molecule has 0 aliphatic heterocycles. The molecule has 0 saturated heterocycles. The maximum absolute atomic E-state index is 11.4. The number of benzene rings is 1. The monoisotopic (exact) mass is 1160 g/mol. The molecular formula is C54H143N9O15. The molecule has 1 rings (SSSR count). The lowest BCUT2D eigenvalue weighted by atomic mass is 10.0. The minimum absolute atomic E-state index is 0. The first kappa shape index (κ1) is 158. The Morgan fingerprint density at radius 2 is 0.974 bits per heavy atom. The fourth-order valence-corrected chi connectivity index (χ4v) is 2.96. The average molecular weight is 1160 g/mol. The molecule has 0 saturated carbocycles. The van der Waals surface area contributed by atoms with Gasteiger partial charge < -0.3 is 116 Å². The Morgan fingerprint density at radius 1 is 0.679 bits per heavy atom. The van der Waals surface area contributed by atoms with E-state index >= 15 is 0 Å². The molecule has 0 spiro atoms. The number of primary amides is 1. The average Bonchev–Trinajstić information content (AvgIpc) is 3.32. The van der Waals surface area contributed by atoms with Gasteiger partial charge in [0.05, 0.1) is 13.2 Å². The maximum Gasteiger partial charge on any atom is 0.409 e. The fourth-order valence-electron chi connectivity index (χ4n) is 2.96. The fraction of sp³-hybridized carbons (Fsp3) is 0.722. The Morgan fingerprint density at radius 3 is 1.12 bits per heavy atom. The van der Waals surface area contributed by atoms with E-state index < -0.39 is 0 Å². The van der Waals surface area contributed by atoms with E-state index in [0.29, 0.717) is 44.3 Å². The summed E-state index contributed by atoms with van der Waals surface area (Å²) in [6.07, 6.45) is 8.30. The lowest BCUT2D eigenvalue weighted by Gasteiger charge is -2.29. The summed E-state index contributed by atoms with van der Waals surface area (Å²) in [5.74, 6) is 2.37. The van der Waals surface area contributed by atoms with Crippen LogP contribution in [0.25, 0.3) is 0 Å². The van der Waals surface area contributed by atoms with E-state index in [2.05, 4.69) is 87.8 Å². The zero-order valence-electron chi connectivity index (χ0n) is 53.5. The highest BCUT2D eigenvalue weighted by Crippen LogP contribution is 2.13. The number of nitrogens with zero attached hydrogens (tertiary/aromatic N) is 1. The van der Waals surface area contributed by atoms with Crippen molar-refractivity contribution in [1.82, 2.24) is 40.1 Å². The molecule has 0 aliphatic carbocycles. The predicted octanol–water partition coefficient (Wildman–Crippen LogP) is 8.82. The van der Waals surface area contributed by atoms with E-state index in [9.17, 15) is 19.2 Å². The number of hydrogen-bond acceptors (Lipinski definition) is 18. The summed E-state index contributed by atoms with van der Waals surface area (Å²) >= 11 is 0. The van der Waals surface area contributed by atoms with Crippen LogP contribution in [0.4, 0.5) is 4.79 Å². The van der Waals surface area contributed by atoms with E-state index in [0.717, 1.165) is 37.2 Å². The smallest absolute Gasteiger partial charge is 0.409 e. The van der Waals surface area contributed by atoms with E-state index in [4.69, 9.17) is 29.6 Å². The molecule has 0 unspecified atom stereocenters. The van der Waals surface area contributed by atoms with Gasteiger partial charge in [-0.15, -0.1) is 0 Å². The lowest BCUT2D eigenvalue weighted by molar-refractivity contribution is -0.118. The van der Waals surface area contributed by atoms with Gasteiger partial charge in [0.1, 0.15) is 38.7 Å². The SMILES string of the molecule is C.C.C=CNCC.C=O.C=O.C=O.CC.CC(C)CC(N)=O.CCC.CCC(C)C.CCC=O.CCOC(=O)N(C)[C@H](CC)C(C)C.CN.CNC.COC.COC.Cc1ccc(OCCC=O)cc1.N.N.N.N.O.O.O.O. The van der Waals surface area contributed by atoms with Crippen molar-refractivity contribution in [3.8, 4) is 5.75 Å². The quantitative estimate of drug-likeness (QED) is 0.0636. The van der Waals surface area contributed by atoms with E-state index in [1.807, 2.05) is 114 Å². The zero-order valence-corrected chi connectivity index (χ0v) is 53.5. The molecule has 0 fully saturated rings. The highest BCUT2D eigenvalue weighted by atomic mass is 16.6. The maximum atomic E-state index is 11.4. The van der Waals surface area contributed by atoms with Crippen LogP contribution in [-0.2, 0) is 43.0 Å². The highest BCUT2D eigenvalue weighted by molar-refractivity contribution is 5.73. The number of carbonyl (C=O) groups excluding carboxylic acids is 7. The van der Waals surface area contributed by atoms with Crippen LogP contribution in [0.15, 0.2) is 37.0 Å². The first-order chi connectivity index (χ1) is 32.2. The van der Waals surface area contributed by atoms with Crippen molar-refractivity contribution in [3.63, 3.8) is 0 Å². The Kier molecular flexibility index (Phi) is 379. The second kappa shape index (κ2) is 187. The van der Waals surface area contributed by atoms with Gasteiger partial charge in [-0.05, 0) is 84.4 Å². The molecule has 0 radical (unpaired) electrons. The van der Waals surface area contributed by atoms with Gasteiger partial charge in [-0.2, -0.15) is 0 Å². The second-order valence-corrected chi connectivity index (χ2v) is 13.4. The molecular weight excluding hydrogens is 1010 g/mol. The Bertz CT molecular complexity index is 972. The molecule has 24 nitrogen and oxygen atoms in total. The molecule has 494 valence electrons. The van der Waals surface area contributed by atoms with Crippen molar-refractivity contribution >= 4 is 44.9 Å². The van der Waals surface area contributed by atoms with Gasteiger partial charge in [0.2, 0.25) is 5.91 Å². The molecule has 1 atom stereocenters. The number of nitrogens with one attached hydrogen (secondary N) is 2. The van der Waals surface area contributed by atoms with Crippen LogP contribution in [0.5, 0.6) is 5.75 Å². The molecule has 0 aliphatic rings. The normalized spacial score (nSPS) is 7.03. The van der Waals surface area contributed by atoms with Crippen molar-refractivity contribution in [2.75, 3.05) is 76.4 Å². The number of rotatable bonds is 14. The Balaban J connectivity index is -0.0000000190. The molecule has 1 aromatic carbocycles. The molecule has 24 heteroatoms. The summed E-state index contributed by atoms with van der Waals surface area (Å²) < 4.78 is 18.7. The van der Waals surface area contributed by atoms with Crippen LogP contribution in [0.3, 0.4) is 0 Å². The topological polar surface area (TPSA) is 502 Å². The molecule has 0 aromatic heterocycles. The van der Waals surface area contributed by atoms with Gasteiger partial charge in [-0.3, -0.25) is 4.79 Å². The highest BCUT2D eigenvalue weighted by Gasteiger charge is 2.21. The summed E-state index contributed by atoms with van der Waals surface area (Å²) in [5.41, 5.74) is 10.6. The number of carbonyl (C=O) groups is 7. The number of amides is 2. The lowest BCUT2D eigenvalue weighted by Crippen LogP contribution is -2.40. The van der Waals surface area contributed by atoms with E-state index in [-0.39, 0.29) is 79.4 Å². The Labute approximate surface area is 482 Å². The number of nitrogens with two attached hydrogens (primary N) is 2. The van der Waals surface area contributed by atoms with Gasteiger partial charge in [0.15, 0.2) is 0 Å². The molecule has 78 heavy (non-hydrogen) atoms. The molecule has 1 aromatic rings. The first-order valence-electron chi connectivity index (χ1n) is 23.2. The van der Waals surface area contributed by atoms with Gasteiger partial charge in [0, 0.05) is 67.3 Å². The number of aryl methyl sites for hydroxylation is 1. The van der Waals surface area contributed by atoms with Crippen LogP contribution in [0.1, 0.15) is 163 Å². The standard InChI is InChI=1S/C10H21NO2.C10H12O2.C5H11NO.C5H12.C4H9N.C3H6O.C3H8.C2H7N.2C2H6O.C2H6.CH5N.3CH2O.2CH4.4H3N.4H2O/c1-6-9(8(3)4)11(5)10(12)13-7-2;1-9-3-5-10(6-4-9)12-8-2-7-11;1-4(2)3-5(6)7;1-4-5(2)3;1-3-5-4-2;1-2-3-4;4*1-3-2;5*1-2;;;;;;;;;;/h8-9H,6-7H2,1-5H3;3-7H,2,8H2,1H3;4H,3H2,1-2H3,(H2,6,7);5H,4H2,1-3H3;3,5H,1,4H2,2H3;3H,2H2,1H3;3H2,1-2H3;3H,1-2H3;2*1-2H3;1-2H3;2H2,1H3;3*1H2;2*1H4;4*1H3;4*1H2/t9-;;;;;;;;;;;;;;;;;;;;;;;;/m1......................../s1. The molecule has 26 N–H and O–H groups in total. The number of ether oxygens (including phenoxy) is 4. The van der Waals surface area contributed by atoms with Crippen molar-refractivity contribution in [2.24, 2.45) is 29.2 Å². The van der Waals surface area contributed by atoms with Crippen molar-refractivity contribution in [1.29, 1.82) is 0 Å². The third-order valence-electron chi connectivity index (χ3n) is 5.71. The van der Waals surface area contributed by atoms with Crippen molar-refractivity contribution in [3.05, 3.63) is 42.6 Å². The minimum atomic E-state index is -0.219. The number of aldehydes is 2. The van der Waals surface area contributed by atoms with Crippen LogP contribution in [0, 0.1) is 24.7 Å². The summed E-state index contributed by atoms with van der Waals surface area (Å²) in [4.78, 5) is 66.2.